The standard InChI is InChI=1S/C19H24N4O3/c24-18-5-4-17(16-3-1-7-20-9-16)21-23(18)12-15-10-22(11-15)13-19(25)6-2-8-26-14-19/h1,3-5,7,9,15,25H,2,6,8,10-14H2. The summed E-state index contributed by atoms with van der Waals surface area (Å²) in [4.78, 5) is 18.5. The van der Waals surface area contributed by atoms with Gasteiger partial charge in [-0.2, -0.15) is 5.10 Å². The van der Waals surface area contributed by atoms with Gasteiger partial charge >= 0.3 is 0 Å². The number of pyridine rings is 1. The van der Waals surface area contributed by atoms with E-state index in [0.29, 0.717) is 25.6 Å². The van der Waals surface area contributed by atoms with Gasteiger partial charge in [-0.25, -0.2) is 4.68 Å². The number of likely N-dealkylation sites (tertiary alicyclic amines) is 1. The fourth-order valence-electron chi connectivity index (χ4n) is 3.79. The highest BCUT2D eigenvalue weighted by molar-refractivity contribution is 5.56. The van der Waals surface area contributed by atoms with Crippen LogP contribution in [0.25, 0.3) is 11.3 Å². The van der Waals surface area contributed by atoms with Gasteiger partial charge in [0.25, 0.3) is 5.56 Å². The fraction of sp³-hybridized carbons (Fsp3) is 0.526. The third-order valence-electron chi connectivity index (χ3n) is 5.11. The third kappa shape index (κ3) is 3.85. The number of ether oxygens (including phenoxy) is 1. The summed E-state index contributed by atoms with van der Waals surface area (Å²) in [6.45, 7) is 4.14. The molecule has 2 aliphatic rings. The summed E-state index contributed by atoms with van der Waals surface area (Å²) in [6.07, 6.45) is 5.17. The fourth-order valence-corrected chi connectivity index (χ4v) is 3.79. The Balaban J connectivity index is 1.36. The normalized spacial score (nSPS) is 24.3. The Morgan fingerprint density at radius 1 is 1.31 bits per heavy atom. The molecule has 2 aromatic rings. The Kier molecular flexibility index (Phi) is 4.84. The summed E-state index contributed by atoms with van der Waals surface area (Å²) in [5, 5.41) is 15.0. The molecule has 4 heterocycles. The zero-order valence-corrected chi connectivity index (χ0v) is 14.8. The van der Waals surface area contributed by atoms with E-state index in [1.165, 1.54) is 0 Å². The lowest BCUT2D eigenvalue weighted by Gasteiger charge is -2.44. The second kappa shape index (κ2) is 7.26. The van der Waals surface area contributed by atoms with E-state index < -0.39 is 5.60 Å². The average molecular weight is 356 g/mol. The minimum atomic E-state index is -0.724. The smallest absolute Gasteiger partial charge is 0.266 e. The van der Waals surface area contributed by atoms with Crippen LogP contribution in [0.15, 0.2) is 41.5 Å². The largest absolute Gasteiger partial charge is 0.386 e. The Morgan fingerprint density at radius 2 is 2.19 bits per heavy atom. The Bertz CT molecular complexity index is 796. The molecule has 0 radical (unpaired) electrons. The van der Waals surface area contributed by atoms with Crippen LogP contribution in [0.4, 0.5) is 0 Å². The molecule has 0 saturated carbocycles. The number of aliphatic hydroxyl groups is 1. The van der Waals surface area contributed by atoms with Crippen molar-refractivity contribution in [1.82, 2.24) is 19.7 Å². The molecule has 7 heteroatoms. The van der Waals surface area contributed by atoms with Crippen LogP contribution in [0, 0.1) is 5.92 Å². The highest BCUT2D eigenvalue weighted by Gasteiger charge is 2.37. The Labute approximate surface area is 152 Å². The van der Waals surface area contributed by atoms with Crippen molar-refractivity contribution in [2.75, 3.05) is 32.8 Å². The van der Waals surface area contributed by atoms with Crippen molar-refractivity contribution in [1.29, 1.82) is 0 Å². The molecule has 26 heavy (non-hydrogen) atoms. The van der Waals surface area contributed by atoms with Crippen molar-refractivity contribution in [3.63, 3.8) is 0 Å². The number of β-amino-alcohol motifs (C(OH)–C–C–N with tert-alkyl or cyclic N) is 1. The van der Waals surface area contributed by atoms with E-state index in [1.54, 1.807) is 29.2 Å². The molecule has 0 aliphatic carbocycles. The summed E-state index contributed by atoms with van der Waals surface area (Å²) >= 11 is 0. The minimum absolute atomic E-state index is 0.0876. The molecule has 2 fully saturated rings. The van der Waals surface area contributed by atoms with E-state index >= 15 is 0 Å². The van der Waals surface area contributed by atoms with Gasteiger partial charge in [-0.3, -0.25) is 14.7 Å². The average Bonchev–Trinajstić information content (AvgIpc) is 2.63. The van der Waals surface area contributed by atoms with Crippen molar-refractivity contribution < 1.29 is 9.84 Å². The number of hydrogen-bond donors (Lipinski definition) is 1. The second-order valence-electron chi connectivity index (χ2n) is 7.42. The lowest BCUT2D eigenvalue weighted by molar-refractivity contribution is -0.113. The van der Waals surface area contributed by atoms with Crippen LogP contribution in [0.5, 0.6) is 0 Å². The van der Waals surface area contributed by atoms with Crippen molar-refractivity contribution in [2.24, 2.45) is 5.92 Å². The lowest BCUT2D eigenvalue weighted by Crippen LogP contribution is -2.57. The second-order valence-corrected chi connectivity index (χ2v) is 7.42. The van der Waals surface area contributed by atoms with Gasteiger partial charge in [0.2, 0.25) is 0 Å². The Hall–Kier alpha value is -2.09. The quantitative estimate of drug-likeness (QED) is 0.853. The predicted molar refractivity (Wildman–Crippen MR) is 96.7 cm³/mol. The van der Waals surface area contributed by atoms with Crippen LogP contribution in [-0.4, -0.2) is 63.2 Å². The van der Waals surface area contributed by atoms with E-state index in [9.17, 15) is 9.90 Å². The first-order valence-corrected chi connectivity index (χ1v) is 9.12. The molecule has 0 aromatic carbocycles. The van der Waals surface area contributed by atoms with Gasteiger partial charge in [0.05, 0.1) is 18.8 Å². The summed E-state index contributed by atoms with van der Waals surface area (Å²) in [5.74, 6) is 0.373. The zero-order valence-electron chi connectivity index (χ0n) is 14.8. The van der Waals surface area contributed by atoms with Gasteiger partial charge in [0.1, 0.15) is 5.60 Å². The molecular weight excluding hydrogens is 332 g/mol. The van der Waals surface area contributed by atoms with Crippen molar-refractivity contribution >= 4 is 0 Å². The van der Waals surface area contributed by atoms with Crippen LogP contribution in [0.1, 0.15) is 12.8 Å². The first-order chi connectivity index (χ1) is 12.6. The number of hydrogen-bond acceptors (Lipinski definition) is 6. The summed E-state index contributed by atoms with van der Waals surface area (Å²) < 4.78 is 6.96. The molecule has 4 rings (SSSR count). The molecule has 0 amide bonds. The van der Waals surface area contributed by atoms with Crippen LogP contribution in [-0.2, 0) is 11.3 Å². The van der Waals surface area contributed by atoms with E-state index in [-0.39, 0.29) is 5.56 Å². The third-order valence-corrected chi connectivity index (χ3v) is 5.11. The van der Waals surface area contributed by atoms with Gasteiger partial charge < -0.3 is 9.84 Å². The first kappa shape index (κ1) is 17.3. The number of aromatic nitrogens is 3. The van der Waals surface area contributed by atoms with E-state index in [1.807, 2.05) is 12.1 Å². The van der Waals surface area contributed by atoms with Gasteiger partial charge in [-0.1, -0.05) is 0 Å². The summed E-state index contributed by atoms with van der Waals surface area (Å²) in [5.41, 5.74) is 0.840. The van der Waals surface area contributed by atoms with Crippen molar-refractivity contribution in [2.45, 2.75) is 25.0 Å². The van der Waals surface area contributed by atoms with E-state index in [4.69, 9.17) is 4.74 Å². The highest BCUT2D eigenvalue weighted by Crippen LogP contribution is 2.25. The minimum Gasteiger partial charge on any atom is -0.386 e. The van der Waals surface area contributed by atoms with E-state index in [2.05, 4.69) is 15.0 Å². The Morgan fingerprint density at radius 3 is 2.92 bits per heavy atom. The molecular formula is C19H24N4O3. The maximum absolute atomic E-state index is 12.1. The molecule has 1 atom stereocenters. The van der Waals surface area contributed by atoms with Crippen LogP contribution in [0.3, 0.4) is 0 Å². The van der Waals surface area contributed by atoms with Crippen LogP contribution in [0.2, 0.25) is 0 Å². The molecule has 2 aliphatic heterocycles. The van der Waals surface area contributed by atoms with Gasteiger partial charge in [-0.05, 0) is 31.0 Å². The summed E-state index contributed by atoms with van der Waals surface area (Å²) in [7, 11) is 0. The van der Waals surface area contributed by atoms with Crippen LogP contribution < -0.4 is 5.56 Å². The van der Waals surface area contributed by atoms with Gasteiger partial charge in [0.15, 0.2) is 0 Å². The van der Waals surface area contributed by atoms with E-state index in [0.717, 1.165) is 43.8 Å². The molecule has 1 N–H and O–H groups in total. The predicted octanol–water partition coefficient (Wildman–Crippen LogP) is 0.779. The number of rotatable bonds is 5. The van der Waals surface area contributed by atoms with Crippen LogP contribution >= 0.6 is 0 Å². The summed E-state index contributed by atoms with van der Waals surface area (Å²) in [6, 6.07) is 7.09. The molecule has 0 bridgehead atoms. The first-order valence-electron chi connectivity index (χ1n) is 9.12. The van der Waals surface area contributed by atoms with Crippen molar-refractivity contribution in [3.05, 3.63) is 47.0 Å². The van der Waals surface area contributed by atoms with Crippen molar-refractivity contribution in [3.8, 4) is 11.3 Å². The maximum Gasteiger partial charge on any atom is 0.266 e. The number of nitrogens with zero attached hydrogens (tertiary/aromatic N) is 4. The zero-order chi connectivity index (χ0) is 18.0. The topological polar surface area (TPSA) is 80.5 Å². The monoisotopic (exact) mass is 356 g/mol. The van der Waals surface area contributed by atoms with Gasteiger partial charge in [0, 0.05) is 56.2 Å². The maximum atomic E-state index is 12.1. The SMILES string of the molecule is O=c1ccc(-c2cccnc2)nn1CC1CN(CC2(O)CCCOC2)C1. The molecule has 0 spiro atoms. The molecule has 2 aromatic heterocycles. The highest BCUT2D eigenvalue weighted by atomic mass is 16.5. The van der Waals surface area contributed by atoms with Gasteiger partial charge in [-0.15, -0.1) is 0 Å². The molecule has 138 valence electrons. The molecule has 7 nitrogen and oxygen atoms in total. The molecule has 2 saturated heterocycles. The molecule has 1 unspecified atom stereocenters. The lowest BCUT2D eigenvalue weighted by atomic mass is 9.92.